The monoisotopic (exact) mass is 393 g/mol. The predicted molar refractivity (Wildman–Crippen MR) is 114 cm³/mol. The second-order valence-electron chi connectivity index (χ2n) is 7.35. The molecule has 5 nitrogen and oxygen atoms in total. The van der Waals surface area contributed by atoms with E-state index in [9.17, 15) is 9.59 Å². The van der Waals surface area contributed by atoms with E-state index >= 15 is 0 Å². The number of rotatable bonds is 6. The van der Waals surface area contributed by atoms with Gasteiger partial charge in [0.2, 0.25) is 5.91 Å². The lowest BCUT2D eigenvalue weighted by Crippen LogP contribution is -2.25. The number of hydrogen-bond donors (Lipinski definition) is 1. The molecular weight excluding hydrogens is 366 g/mol. The van der Waals surface area contributed by atoms with Gasteiger partial charge in [0, 0.05) is 24.6 Å². The van der Waals surface area contributed by atoms with E-state index in [1.165, 1.54) is 6.92 Å². The van der Waals surface area contributed by atoms with Crippen LogP contribution in [-0.2, 0) is 9.53 Å². The zero-order valence-electron chi connectivity index (χ0n) is 17.2. The minimum atomic E-state index is -0.172. The SMILES string of the molecule is CC(=O)Nc1ccc(C(=O)/C=C/c2ccc(OC3CCCCO3)c(C)c2)c(C)c1. The van der Waals surface area contributed by atoms with E-state index in [0.717, 1.165) is 48.3 Å². The molecule has 5 heteroatoms. The summed E-state index contributed by atoms with van der Waals surface area (Å²) in [5.41, 5.74) is 4.05. The lowest BCUT2D eigenvalue weighted by Gasteiger charge is -2.24. The molecule has 0 bridgehead atoms. The van der Waals surface area contributed by atoms with Gasteiger partial charge < -0.3 is 14.8 Å². The van der Waals surface area contributed by atoms with Gasteiger partial charge in [0.1, 0.15) is 5.75 Å². The normalized spacial score (nSPS) is 16.6. The van der Waals surface area contributed by atoms with Crippen LogP contribution in [0.1, 0.15) is 53.2 Å². The number of amides is 1. The Balaban J connectivity index is 1.66. The topological polar surface area (TPSA) is 64.6 Å². The van der Waals surface area contributed by atoms with Crippen LogP contribution in [0.2, 0.25) is 0 Å². The Morgan fingerprint density at radius 2 is 1.93 bits per heavy atom. The van der Waals surface area contributed by atoms with Crippen LogP contribution in [0.4, 0.5) is 5.69 Å². The Bertz CT molecular complexity index is 926. The first-order valence-electron chi connectivity index (χ1n) is 9.92. The molecule has 2 aromatic carbocycles. The molecule has 0 saturated carbocycles. The Morgan fingerprint density at radius 1 is 1.10 bits per heavy atom. The van der Waals surface area contributed by atoms with Crippen molar-refractivity contribution in [2.45, 2.75) is 46.3 Å². The fourth-order valence-corrected chi connectivity index (χ4v) is 3.34. The highest BCUT2D eigenvalue weighted by atomic mass is 16.7. The van der Waals surface area contributed by atoms with Gasteiger partial charge in [0.25, 0.3) is 0 Å². The van der Waals surface area contributed by atoms with Crippen molar-refractivity contribution in [2.24, 2.45) is 0 Å². The van der Waals surface area contributed by atoms with Crippen LogP contribution < -0.4 is 10.1 Å². The Morgan fingerprint density at radius 3 is 2.59 bits per heavy atom. The number of carbonyl (C=O) groups excluding carboxylic acids is 2. The molecule has 1 aliphatic heterocycles. The number of carbonyl (C=O) groups is 2. The molecule has 3 rings (SSSR count). The fraction of sp³-hybridized carbons (Fsp3) is 0.333. The van der Waals surface area contributed by atoms with Crippen LogP contribution in [-0.4, -0.2) is 24.6 Å². The Kier molecular flexibility index (Phi) is 6.83. The van der Waals surface area contributed by atoms with Crippen LogP contribution in [0.3, 0.4) is 0 Å². The fourth-order valence-electron chi connectivity index (χ4n) is 3.34. The quantitative estimate of drug-likeness (QED) is 0.550. The van der Waals surface area contributed by atoms with Gasteiger partial charge in [-0.2, -0.15) is 0 Å². The smallest absolute Gasteiger partial charge is 0.221 e. The van der Waals surface area contributed by atoms with E-state index in [4.69, 9.17) is 9.47 Å². The van der Waals surface area contributed by atoms with Gasteiger partial charge >= 0.3 is 0 Å². The molecule has 0 aliphatic carbocycles. The average Bonchev–Trinajstić information content (AvgIpc) is 2.68. The van der Waals surface area contributed by atoms with Gasteiger partial charge in [-0.3, -0.25) is 9.59 Å². The van der Waals surface area contributed by atoms with Crippen molar-refractivity contribution in [3.05, 3.63) is 64.7 Å². The first-order chi connectivity index (χ1) is 13.9. The molecule has 1 fully saturated rings. The first-order valence-corrected chi connectivity index (χ1v) is 9.92. The summed E-state index contributed by atoms with van der Waals surface area (Å²) in [5, 5.41) is 2.72. The summed E-state index contributed by atoms with van der Waals surface area (Å²) in [6.07, 6.45) is 6.32. The number of allylic oxidation sites excluding steroid dienone is 1. The number of benzene rings is 2. The van der Waals surface area contributed by atoms with E-state index in [2.05, 4.69) is 5.32 Å². The molecule has 1 amide bonds. The van der Waals surface area contributed by atoms with E-state index in [-0.39, 0.29) is 18.0 Å². The van der Waals surface area contributed by atoms with Crippen molar-refractivity contribution < 1.29 is 19.1 Å². The van der Waals surface area contributed by atoms with Crippen LogP contribution in [0.15, 0.2) is 42.5 Å². The van der Waals surface area contributed by atoms with Gasteiger partial charge in [-0.15, -0.1) is 0 Å². The minimum Gasteiger partial charge on any atom is -0.465 e. The third-order valence-electron chi connectivity index (χ3n) is 4.83. The zero-order chi connectivity index (χ0) is 20.8. The molecular formula is C24H27NO4. The van der Waals surface area contributed by atoms with Crippen molar-refractivity contribution in [3.8, 4) is 5.75 Å². The lowest BCUT2D eigenvalue weighted by molar-refractivity contribution is -0.114. The summed E-state index contributed by atoms with van der Waals surface area (Å²) in [7, 11) is 0. The molecule has 0 aromatic heterocycles. The summed E-state index contributed by atoms with van der Waals surface area (Å²) >= 11 is 0. The molecule has 0 radical (unpaired) electrons. The van der Waals surface area contributed by atoms with Crippen LogP contribution in [0.5, 0.6) is 5.75 Å². The third-order valence-corrected chi connectivity index (χ3v) is 4.83. The summed E-state index contributed by atoms with van der Waals surface area (Å²) < 4.78 is 11.6. The van der Waals surface area contributed by atoms with Gasteiger partial charge in [-0.05, 0) is 79.8 Å². The second kappa shape index (κ2) is 9.52. The molecule has 1 aliphatic rings. The van der Waals surface area contributed by atoms with Crippen LogP contribution in [0.25, 0.3) is 6.08 Å². The van der Waals surface area contributed by atoms with Crippen LogP contribution >= 0.6 is 0 Å². The molecule has 1 saturated heterocycles. The summed E-state index contributed by atoms with van der Waals surface area (Å²) in [6, 6.07) is 11.1. The highest BCUT2D eigenvalue weighted by Crippen LogP contribution is 2.24. The van der Waals surface area contributed by atoms with Gasteiger partial charge in [-0.25, -0.2) is 0 Å². The highest BCUT2D eigenvalue weighted by Gasteiger charge is 2.16. The third kappa shape index (κ3) is 5.78. The van der Waals surface area contributed by atoms with E-state index < -0.39 is 0 Å². The molecule has 1 unspecified atom stereocenters. The first kappa shape index (κ1) is 20.8. The van der Waals surface area contributed by atoms with Crippen molar-refractivity contribution in [1.29, 1.82) is 0 Å². The Hall–Kier alpha value is -2.92. The van der Waals surface area contributed by atoms with E-state index in [0.29, 0.717) is 11.3 Å². The predicted octanol–water partition coefficient (Wildman–Crippen LogP) is 5.06. The number of ether oxygens (including phenoxy) is 2. The number of nitrogens with one attached hydrogen (secondary N) is 1. The molecule has 1 N–H and O–H groups in total. The molecule has 152 valence electrons. The number of ketones is 1. The maximum atomic E-state index is 12.6. The van der Waals surface area contributed by atoms with Gasteiger partial charge in [-0.1, -0.05) is 12.1 Å². The Labute approximate surface area is 171 Å². The van der Waals surface area contributed by atoms with E-state index in [1.807, 2.05) is 32.0 Å². The van der Waals surface area contributed by atoms with Crippen molar-refractivity contribution in [1.82, 2.24) is 0 Å². The molecule has 2 aromatic rings. The number of aryl methyl sites for hydroxylation is 2. The minimum absolute atomic E-state index is 0.0783. The number of anilines is 1. The number of hydrogen-bond acceptors (Lipinski definition) is 4. The summed E-state index contributed by atoms with van der Waals surface area (Å²) in [4.78, 5) is 23.7. The van der Waals surface area contributed by atoms with Crippen molar-refractivity contribution >= 4 is 23.5 Å². The molecule has 29 heavy (non-hydrogen) atoms. The molecule has 1 atom stereocenters. The summed E-state index contributed by atoms with van der Waals surface area (Å²) in [6.45, 7) is 6.05. The standard InChI is InChI=1S/C24H27NO4/c1-16-15-20(25-18(3)26)9-10-21(16)22(27)11-7-19-8-12-23(17(2)14-19)29-24-6-4-5-13-28-24/h7-12,14-15,24H,4-6,13H2,1-3H3,(H,25,26)/b11-7+. The average molecular weight is 393 g/mol. The maximum absolute atomic E-state index is 12.6. The molecule has 0 spiro atoms. The second-order valence-corrected chi connectivity index (χ2v) is 7.35. The largest absolute Gasteiger partial charge is 0.465 e. The summed E-state index contributed by atoms with van der Waals surface area (Å²) in [5.74, 6) is 0.594. The molecule has 1 heterocycles. The van der Waals surface area contributed by atoms with Gasteiger partial charge in [0.15, 0.2) is 12.1 Å². The lowest BCUT2D eigenvalue weighted by atomic mass is 10.0. The van der Waals surface area contributed by atoms with Gasteiger partial charge in [0.05, 0.1) is 6.61 Å². The van der Waals surface area contributed by atoms with Crippen molar-refractivity contribution in [2.75, 3.05) is 11.9 Å². The highest BCUT2D eigenvalue weighted by molar-refractivity contribution is 6.08. The maximum Gasteiger partial charge on any atom is 0.221 e. The van der Waals surface area contributed by atoms with Crippen molar-refractivity contribution in [3.63, 3.8) is 0 Å². The zero-order valence-corrected chi connectivity index (χ0v) is 17.2. The van der Waals surface area contributed by atoms with E-state index in [1.54, 1.807) is 30.4 Å². The van der Waals surface area contributed by atoms with Crippen LogP contribution in [0, 0.1) is 13.8 Å².